The summed E-state index contributed by atoms with van der Waals surface area (Å²) in [6.45, 7) is 7.20. The molecule has 0 aliphatic heterocycles. The van der Waals surface area contributed by atoms with Gasteiger partial charge in [-0.3, -0.25) is 4.79 Å². The van der Waals surface area contributed by atoms with Gasteiger partial charge in [0.25, 0.3) is 0 Å². The first-order chi connectivity index (χ1) is 12.1. The van der Waals surface area contributed by atoms with E-state index in [0.29, 0.717) is 31.3 Å². The predicted octanol–water partition coefficient (Wildman–Crippen LogP) is 2.78. The average Bonchev–Trinajstić information content (AvgIpc) is 2.58. The lowest BCUT2D eigenvalue weighted by molar-refractivity contribution is -0.118. The number of aromatic nitrogens is 2. The Morgan fingerprint density at radius 1 is 1.12 bits per heavy atom. The van der Waals surface area contributed by atoms with Crippen LogP contribution in [-0.2, 0) is 4.79 Å². The van der Waals surface area contributed by atoms with Crippen LogP contribution in [-0.4, -0.2) is 41.4 Å². The van der Waals surface area contributed by atoms with Crippen molar-refractivity contribution in [3.63, 3.8) is 0 Å². The Morgan fingerprint density at radius 2 is 1.80 bits per heavy atom. The SMILES string of the molecule is CCOc1ccc(OCCNC(=O)CSc2cc(C)nc(C)n2)cc1. The van der Waals surface area contributed by atoms with E-state index in [4.69, 9.17) is 9.47 Å². The third-order valence-corrected chi connectivity index (χ3v) is 4.03. The first-order valence-corrected chi connectivity index (χ1v) is 9.13. The molecule has 7 heteroatoms. The van der Waals surface area contributed by atoms with E-state index in [0.717, 1.165) is 22.2 Å². The van der Waals surface area contributed by atoms with Crippen LogP contribution in [0.1, 0.15) is 18.4 Å². The maximum atomic E-state index is 11.9. The van der Waals surface area contributed by atoms with Crippen LogP contribution >= 0.6 is 11.8 Å². The molecule has 0 aliphatic rings. The van der Waals surface area contributed by atoms with Gasteiger partial charge in [0.15, 0.2) is 0 Å². The number of amides is 1. The number of benzene rings is 1. The Kier molecular flexibility index (Phi) is 7.53. The number of carbonyl (C=O) groups is 1. The largest absolute Gasteiger partial charge is 0.494 e. The Balaban J connectivity index is 1.65. The highest BCUT2D eigenvalue weighted by Gasteiger charge is 2.05. The second-order valence-corrected chi connectivity index (χ2v) is 6.28. The van der Waals surface area contributed by atoms with Gasteiger partial charge < -0.3 is 14.8 Å². The smallest absolute Gasteiger partial charge is 0.230 e. The molecule has 0 radical (unpaired) electrons. The fourth-order valence-corrected chi connectivity index (χ4v) is 2.94. The first-order valence-electron chi connectivity index (χ1n) is 8.14. The third-order valence-electron chi connectivity index (χ3n) is 3.12. The number of carbonyl (C=O) groups excluding carboxylic acids is 1. The van der Waals surface area contributed by atoms with Crippen molar-refractivity contribution in [2.45, 2.75) is 25.8 Å². The molecule has 0 fully saturated rings. The van der Waals surface area contributed by atoms with Crippen molar-refractivity contribution >= 4 is 17.7 Å². The van der Waals surface area contributed by atoms with Crippen molar-refractivity contribution in [3.05, 3.63) is 41.9 Å². The molecule has 0 atom stereocenters. The van der Waals surface area contributed by atoms with E-state index in [1.54, 1.807) is 0 Å². The third kappa shape index (κ3) is 7.01. The van der Waals surface area contributed by atoms with Gasteiger partial charge in [0, 0.05) is 5.69 Å². The van der Waals surface area contributed by atoms with E-state index >= 15 is 0 Å². The number of nitrogens with one attached hydrogen (secondary N) is 1. The van der Waals surface area contributed by atoms with Gasteiger partial charge >= 0.3 is 0 Å². The number of hydrogen-bond donors (Lipinski definition) is 1. The van der Waals surface area contributed by atoms with Gasteiger partial charge in [0.1, 0.15) is 29.0 Å². The fourth-order valence-electron chi connectivity index (χ4n) is 2.11. The molecule has 1 amide bonds. The van der Waals surface area contributed by atoms with Crippen LogP contribution in [0.3, 0.4) is 0 Å². The second kappa shape index (κ2) is 9.88. The van der Waals surface area contributed by atoms with Crippen molar-refractivity contribution in [1.82, 2.24) is 15.3 Å². The number of hydrogen-bond acceptors (Lipinski definition) is 6. The highest BCUT2D eigenvalue weighted by atomic mass is 32.2. The summed E-state index contributed by atoms with van der Waals surface area (Å²) in [5.74, 6) is 2.55. The monoisotopic (exact) mass is 361 g/mol. The van der Waals surface area contributed by atoms with E-state index in [9.17, 15) is 4.79 Å². The minimum atomic E-state index is -0.0470. The zero-order valence-corrected chi connectivity index (χ0v) is 15.6. The Morgan fingerprint density at radius 3 is 2.44 bits per heavy atom. The van der Waals surface area contributed by atoms with Crippen LogP contribution < -0.4 is 14.8 Å². The summed E-state index contributed by atoms with van der Waals surface area (Å²) < 4.78 is 11.0. The van der Waals surface area contributed by atoms with Gasteiger partial charge in [0.2, 0.25) is 5.91 Å². The minimum absolute atomic E-state index is 0.0470. The lowest BCUT2D eigenvalue weighted by Gasteiger charge is -2.09. The molecule has 1 aromatic carbocycles. The van der Waals surface area contributed by atoms with Crippen molar-refractivity contribution in [2.75, 3.05) is 25.5 Å². The van der Waals surface area contributed by atoms with E-state index < -0.39 is 0 Å². The molecule has 0 unspecified atom stereocenters. The van der Waals surface area contributed by atoms with Crippen LogP contribution in [0.4, 0.5) is 0 Å². The van der Waals surface area contributed by atoms with E-state index in [1.165, 1.54) is 11.8 Å². The number of nitrogens with zero attached hydrogens (tertiary/aromatic N) is 2. The maximum Gasteiger partial charge on any atom is 0.230 e. The number of rotatable bonds is 9. The van der Waals surface area contributed by atoms with Gasteiger partial charge in [-0.25, -0.2) is 9.97 Å². The molecular weight excluding hydrogens is 338 g/mol. The first kappa shape index (κ1) is 19.1. The molecule has 2 rings (SSSR count). The lowest BCUT2D eigenvalue weighted by atomic mass is 10.3. The van der Waals surface area contributed by atoms with E-state index in [-0.39, 0.29) is 5.91 Å². The molecular formula is C18H23N3O3S. The second-order valence-electron chi connectivity index (χ2n) is 5.29. The summed E-state index contributed by atoms with van der Waals surface area (Å²) in [5.41, 5.74) is 0.902. The van der Waals surface area contributed by atoms with Crippen molar-refractivity contribution in [2.24, 2.45) is 0 Å². The quantitative estimate of drug-likeness (QED) is 0.421. The molecule has 25 heavy (non-hydrogen) atoms. The molecule has 1 heterocycles. The standard InChI is InChI=1S/C18H23N3O3S/c1-4-23-15-5-7-16(8-6-15)24-10-9-19-17(22)12-25-18-11-13(2)20-14(3)21-18/h5-8,11H,4,9-10,12H2,1-3H3,(H,19,22). The van der Waals surface area contributed by atoms with Gasteiger partial charge in [-0.1, -0.05) is 11.8 Å². The highest BCUT2D eigenvalue weighted by molar-refractivity contribution is 7.99. The van der Waals surface area contributed by atoms with E-state index in [1.807, 2.05) is 51.1 Å². The van der Waals surface area contributed by atoms with Gasteiger partial charge in [-0.2, -0.15) is 0 Å². The zero-order chi connectivity index (χ0) is 18.1. The highest BCUT2D eigenvalue weighted by Crippen LogP contribution is 2.17. The summed E-state index contributed by atoms with van der Waals surface area (Å²) in [7, 11) is 0. The number of ether oxygens (including phenoxy) is 2. The molecule has 6 nitrogen and oxygen atoms in total. The molecule has 134 valence electrons. The molecule has 1 aromatic heterocycles. The van der Waals surface area contributed by atoms with E-state index in [2.05, 4.69) is 15.3 Å². The molecule has 0 spiro atoms. The molecule has 0 bridgehead atoms. The number of thioether (sulfide) groups is 1. The summed E-state index contributed by atoms with van der Waals surface area (Å²) >= 11 is 1.40. The van der Waals surface area contributed by atoms with Crippen LogP contribution in [0.2, 0.25) is 0 Å². The molecule has 1 N–H and O–H groups in total. The summed E-state index contributed by atoms with van der Waals surface area (Å²) in [5, 5.41) is 3.64. The van der Waals surface area contributed by atoms with Crippen molar-refractivity contribution in [3.8, 4) is 11.5 Å². The average molecular weight is 361 g/mol. The molecule has 0 saturated heterocycles. The Hall–Kier alpha value is -2.28. The van der Waals surface area contributed by atoms with Crippen molar-refractivity contribution in [1.29, 1.82) is 0 Å². The molecule has 0 aliphatic carbocycles. The molecule has 0 saturated carbocycles. The summed E-state index contributed by atoms with van der Waals surface area (Å²) in [6, 6.07) is 9.30. The van der Waals surface area contributed by atoms with Crippen molar-refractivity contribution < 1.29 is 14.3 Å². The van der Waals surface area contributed by atoms with Crippen LogP contribution in [0.5, 0.6) is 11.5 Å². The Bertz CT molecular complexity index is 672. The predicted molar refractivity (Wildman–Crippen MR) is 98.3 cm³/mol. The zero-order valence-electron chi connectivity index (χ0n) is 14.7. The molecule has 2 aromatic rings. The minimum Gasteiger partial charge on any atom is -0.494 e. The fraction of sp³-hybridized carbons (Fsp3) is 0.389. The van der Waals surface area contributed by atoms with Crippen LogP contribution in [0.25, 0.3) is 0 Å². The van der Waals surface area contributed by atoms with Gasteiger partial charge in [-0.05, 0) is 51.1 Å². The summed E-state index contributed by atoms with van der Waals surface area (Å²) in [6.07, 6.45) is 0. The number of aryl methyl sites for hydroxylation is 2. The van der Waals surface area contributed by atoms with Crippen LogP contribution in [0.15, 0.2) is 35.4 Å². The van der Waals surface area contributed by atoms with Gasteiger partial charge in [-0.15, -0.1) is 0 Å². The maximum absolute atomic E-state index is 11.9. The lowest BCUT2D eigenvalue weighted by Crippen LogP contribution is -2.29. The normalized spacial score (nSPS) is 10.4. The topological polar surface area (TPSA) is 73.3 Å². The summed E-state index contributed by atoms with van der Waals surface area (Å²) in [4.78, 5) is 20.4. The Labute approximate surface area is 152 Å². The van der Waals surface area contributed by atoms with Crippen LogP contribution in [0, 0.1) is 13.8 Å². The van der Waals surface area contributed by atoms with Gasteiger partial charge in [0.05, 0.1) is 18.9 Å².